The van der Waals surface area contributed by atoms with Gasteiger partial charge in [-0.1, -0.05) is 48.0 Å². The topological polar surface area (TPSA) is 78.5 Å². The molecule has 0 radical (unpaired) electrons. The van der Waals surface area contributed by atoms with Crippen LogP contribution in [0.3, 0.4) is 0 Å². The summed E-state index contributed by atoms with van der Waals surface area (Å²) >= 11 is 8.42. The van der Waals surface area contributed by atoms with E-state index in [1.165, 1.54) is 0 Å². The fourth-order valence-corrected chi connectivity index (χ4v) is 4.29. The molecule has 33 heavy (non-hydrogen) atoms. The van der Waals surface area contributed by atoms with Crippen LogP contribution in [0.1, 0.15) is 21.5 Å². The van der Waals surface area contributed by atoms with Gasteiger partial charge < -0.3 is 10.6 Å². The number of nitrogens with zero attached hydrogens (tertiary/aromatic N) is 1. The van der Waals surface area contributed by atoms with E-state index in [9.17, 15) is 14.4 Å². The molecule has 6 nitrogen and oxygen atoms in total. The SMILES string of the molecule is Cc1cc(I)ccc1NC(=O)c1cccc(NC2=C(Cl)C(=O)N(Cc3ccccc3)C2=O)c1. The zero-order valence-electron chi connectivity index (χ0n) is 17.6. The van der Waals surface area contributed by atoms with Crippen LogP contribution < -0.4 is 10.6 Å². The molecule has 0 aromatic heterocycles. The number of amides is 3. The molecule has 0 atom stereocenters. The summed E-state index contributed by atoms with van der Waals surface area (Å²) in [5, 5.41) is 5.64. The van der Waals surface area contributed by atoms with Crippen molar-refractivity contribution in [2.75, 3.05) is 10.6 Å². The van der Waals surface area contributed by atoms with E-state index in [-0.39, 0.29) is 23.2 Å². The lowest BCUT2D eigenvalue weighted by Crippen LogP contribution is -2.31. The van der Waals surface area contributed by atoms with Crippen molar-refractivity contribution < 1.29 is 14.4 Å². The van der Waals surface area contributed by atoms with Crippen molar-refractivity contribution in [3.05, 3.63) is 104 Å². The van der Waals surface area contributed by atoms with E-state index in [4.69, 9.17) is 11.6 Å². The lowest BCUT2D eigenvalue weighted by atomic mass is 10.1. The number of hydrogen-bond donors (Lipinski definition) is 2. The molecule has 3 aromatic carbocycles. The maximum Gasteiger partial charge on any atom is 0.279 e. The molecule has 166 valence electrons. The van der Waals surface area contributed by atoms with E-state index in [1.54, 1.807) is 24.3 Å². The zero-order valence-corrected chi connectivity index (χ0v) is 20.5. The number of halogens is 2. The first-order valence-corrected chi connectivity index (χ1v) is 11.5. The highest BCUT2D eigenvalue weighted by Crippen LogP contribution is 2.27. The van der Waals surface area contributed by atoms with Gasteiger partial charge in [0.1, 0.15) is 10.7 Å². The summed E-state index contributed by atoms with van der Waals surface area (Å²) in [5.41, 5.74) is 3.34. The van der Waals surface area contributed by atoms with Crippen molar-refractivity contribution in [2.24, 2.45) is 0 Å². The lowest BCUT2D eigenvalue weighted by molar-refractivity contribution is -0.138. The van der Waals surface area contributed by atoms with Gasteiger partial charge in [0.2, 0.25) is 0 Å². The van der Waals surface area contributed by atoms with Crippen LogP contribution in [0.25, 0.3) is 0 Å². The lowest BCUT2D eigenvalue weighted by Gasteiger charge is -2.15. The van der Waals surface area contributed by atoms with Gasteiger partial charge in [-0.05, 0) is 77.0 Å². The van der Waals surface area contributed by atoms with E-state index in [0.717, 1.165) is 25.3 Å². The van der Waals surface area contributed by atoms with Crippen LogP contribution in [0.15, 0.2) is 83.5 Å². The summed E-state index contributed by atoms with van der Waals surface area (Å²) in [5.74, 6) is -1.36. The van der Waals surface area contributed by atoms with Crippen LogP contribution in [0.2, 0.25) is 0 Å². The van der Waals surface area contributed by atoms with E-state index in [0.29, 0.717) is 11.3 Å². The molecule has 1 aliphatic heterocycles. The van der Waals surface area contributed by atoms with Gasteiger partial charge in [-0.15, -0.1) is 0 Å². The summed E-state index contributed by atoms with van der Waals surface area (Å²) in [7, 11) is 0. The Balaban J connectivity index is 1.50. The molecule has 0 saturated carbocycles. The van der Waals surface area contributed by atoms with E-state index in [1.807, 2.05) is 55.5 Å². The normalized spacial score (nSPS) is 13.5. The molecule has 0 spiro atoms. The number of anilines is 2. The summed E-state index contributed by atoms with van der Waals surface area (Å²) in [6.45, 7) is 2.05. The molecule has 2 N–H and O–H groups in total. The molecule has 0 bridgehead atoms. The van der Waals surface area contributed by atoms with E-state index in [2.05, 4.69) is 33.2 Å². The monoisotopic (exact) mass is 571 g/mol. The van der Waals surface area contributed by atoms with Crippen molar-refractivity contribution in [3.8, 4) is 0 Å². The van der Waals surface area contributed by atoms with E-state index >= 15 is 0 Å². The van der Waals surface area contributed by atoms with Crippen LogP contribution >= 0.6 is 34.2 Å². The third-order valence-corrected chi connectivity index (χ3v) is 6.15. The van der Waals surface area contributed by atoms with Gasteiger partial charge in [0, 0.05) is 20.5 Å². The fraction of sp³-hybridized carbons (Fsp3) is 0.0800. The van der Waals surface area contributed by atoms with Gasteiger partial charge in [-0.3, -0.25) is 19.3 Å². The quantitative estimate of drug-likeness (QED) is 0.312. The van der Waals surface area contributed by atoms with Gasteiger partial charge in [0.25, 0.3) is 17.7 Å². The Labute approximate surface area is 209 Å². The van der Waals surface area contributed by atoms with Gasteiger partial charge in [0.15, 0.2) is 0 Å². The minimum absolute atomic E-state index is 0.0105. The third kappa shape index (κ3) is 5.09. The number of carbonyl (C=O) groups excluding carboxylic acids is 3. The fourth-order valence-electron chi connectivity index (χ4n) is 3.41. The second kappa shape index (κ2) is 9.76. The summed E-state index contributed by atoms with van der Waals surface area (Å²) < 4.78 is 1.08. The number of imide groups is 1. The first kappa shape index (κ1) is 23.0. The van der Waals surface area contributed by atoms with Crippen LogP contribution in [-0.4, -0.2) is 22.6 Å². The van der Waals surface area contributed by atoms with Crippen molar-refractivity contribution in [2.45, 2.75) is 13.5 Å². The van der Waals surface area contributed by atoms with Crippen molar-refractivity contribution in [1.82, 2.24) is 4.90 Å². The molecule has 1 aliphatic rings. The summed E-state index contributed by atoms with van der Waals surface area (Å²) in [6.07, 6.45) is 0. The minimum Gasteiger partial charge on any atom is -0.350 e. The minimum atomic E-state index is -0.559. The molecular formula is C25H19ClIN3O3. The Morgan fingerprint density at radius 3 is 2.45 bits per heavy atom. The molecule has 4 rings (SSSR count). The smallest absolute Gasteiger partial charge is 0.279 e. The highest BCUT2D eigenvalue weighted by Gasteiger charge is 2.37. The van der Waals surface area contributed by atoms with Crippen LogP contribution in [0.5, 0.6) is 0 Å². The van der Waals surface area contributed by atoms with Crippen molar-refractivity contribution in [3.63, 3.8) is 0 Å². The first-order chi connectivity index (χ1) is 15.8. The number of aryl methyl sites for hydroxylation is 1. The number of rotatable bonds is 6. The Bertz CT molecular complexity index is 1290. The highest BCUT2D eigenvalue weighted by atomic mass is 127. The molecule has 0 aliphatic carbocycles. The zero-order chi connectivity index (χ0) is 23.5. The Morgan fingerprint density at radius 1 is 0.970 bits per heavy atom. The van der Waals surface area contributed by atoms with Crippen LogP contribution in [0, 0.1) is 10.5 Å². The maximum atomic E-state index is 12.9. The third-order valence-electron chi connectivity index (χ3n) is 5.13. The second-order valence-electron chi connectivity index (χ2n) is 7.49. The number of carbonyl (C=O) groups is 3. The number of nitrogens with one attached hydrogen (secondary N) is 2. The second-order valence-corrected chi connectivity index (χ2v) is 9.11. The van der Waals surface area contributed by atoms with E-state index < -0.39 is 11.8 Å². The largest absolute Gasteiger partial charge is 0.350 e. The summed E-state index contributed by atoms with van der Waals surface area (Å²) in [6, 6.07) is 21.6. The standard InChI is InChI=1S/C25H19ClIN3O3/c1-15-12-18(27)10-11-20(15)29-23(31)17-8-5-9-19(13-17)28-22-21(26)24(32)30(25(22)33)14-16-6-3-2-4-7-16/h2-13,28H,14H2,1H3,(H,29,31). The Kier molecular flexibility index (Phi) is 6.80. The van der Waals surface area contributed by atoms with Gasteiger partial charge >= 0.3 is 0 Å². The Hall–Kier alpha value is -3.17. The average molecular weight is 572 g/mol. The molecular weight excluding hydrogens is 553 g/mol. The number of hydrogen-bond acceptors (Lipinski definition) is 4. The molecule has 3 aromatic rings. The molecule has 8 heteroatoms. The molecule has 3 amide bonds. The molecule has 0 fully saturated rings. The number of benzene rings is 3. The predicted octanol–water partition coefficient (Wildman–Crippen LogP) is 5.28. The van der Waals surface area contributed by atoms with Crippen LogP contribution in [0.4, 0.5) is 11.4 Å². The summed E-state index contributed by atoms with van der Waals surface area (Å²) in [4.78, 5) is 39.3. The molecule has 0 unspecified atom stereocenters. The van der Waals surface area contributed by atoms with Crippen molar-refractivity contribution >= 4 is 63.3 Å². The van der Waals surface area contributed by atoms with Gasteiger partial charge in [0.05, 0.1) is 6.54 Å². The Morgan fingerprint density at radius 2 is 1.73 bits per heavy atom. The van der Waals surface area contributed by atoms with Gasteiger partial charge in [-0.2, -0.15) is 0 Å². The predicted molar refractivity (Wildman–Crippen MR) is 137 cm³/mol. The van der Waals surface area contributed by atoms with Crippen molar-refractivity contribution in [1.29, 1.82) is 0 Å². The first-order valence-electron chi connectivity index (χ1n) is 10.1. The molecule has 1 heterocycles. The maximum absolute atomic E-state index is 12.9. The van der Waals surface area contributed by atoms with Gasteiger partial charge in [-0.25, -0.2) is 0 Å². The average Bonchev–Trinajstić information content (AvgIpc) is 3.00. The van der Waals surface area contributed by atoms with Crippen LogP contribution in [-0.2, 0) is 16.1 Å². The highest BCUT2D eigenvalue weighted by molar-refractivity contribution is 14.1. The molecule has 0 saturated heterocycles.